The third-order valence-electron chi connectivity index (χ3n) is 0. The van der Waals surface area contributed by atoms with Crippen molar-refractivity contribution in [2.75, 3.05) is 0 Å². The fourth-order valence-electron chi connectivity index (χ4n) is 0. The third kappa shape index (κ3) is 56.2. The van der Waals surface area contributed by atoms with E-state index < -0.39 is 0 Å². The Morgan fingerprint density at radius 1 is 1.20 bits per heavy atom. The van der Waals surface area contributed by atoms with Gasteiger partial charge in [-0.2, -0.15) is 0 Å². The molecule has 0 aromatic heterocycles. The summed E-state index contributed by atoms with van der Waals surface area (Å²) in [5.74, 6) is 0. The first-order chi connectivity index (χ1) is 1.41. The molecule has 0 unspecified atom stereocenters. The molecule has 0 saturated carbocycles. The van der Waals surface area contributed by atoms with Crippen molar-refractivity contribution in [1.82, 2.24) is 0 Å². The van der Waals surface area contributed by atoms with E-state index in [0.717, 1.165) is 0 Å². The van der Waals surface area contributed by atoms with Crippen LogP contribution in [0.3, 0.4) is 0 Å². The van der Waals surface area contributed by atoms with Crippen LogP contribution >= 0.6 is 9.90 Å². The summed E-state index contributed by atoms with van der Waals surface area (Å²) in [5.41, 5.74) is 0. The van der Waals surface area contributed by atoms with Gasteiger partial charge >= 0.3 is 0 Å². The first-order valence-corrected chi connectivity index (χ1v) is 0.365. The number of rotatable bonds is 0. The second-order valence-corrected chi connectivity index (χ2v) is 0.0816. The summed E-state index contributed by atoms with van der Waals surface area (Å²) in [4.78, 5) is 0. The van der Waals surface area contributed by atoms with Crippen LogP contribution in [0, 0.1) is 0 Å². The molecule has 0 aliphatic heterocycles. The minimum absolute atomic E-state index is 0. The van der Waals surface area contributed by atoms with E-state index in [4.69, 9.17) is 10.5 Å². The summed E-state index contributed by atoms with van der Waals surface area (Å²) in [6.07, 6.45) is 0. The van der Waals surface area contributed by atoms with Crippen LogP contribution in [-0.2, 0) is 22.1 Å². The Bertz CT molecular complexity index is 6.85. The van der Waals surface area contributed by atoms with Gasteiger partial charge in [-0.3, -0.25) is 0 Å². The molecule has 0 aliphatic carbocycles. The second-order valence-electron chi connectivity index (χ2n) is 0.0816. The molecule has 3 nitrogen and oxygen atoms in total. The molecule has 2 N–H and O–H groups in total. The molecular weight excluding hydrogens is 135 g/mol. The maximum absolute atomic E-state index is 6.62. The van der Waals surface area contributed by atoms with Gasteiger partial charge in [-0.05, 0) is 0 Å². The van der Waals surface area contributed by atoms with Gasteiger partial charge < -0.3 is 0 Å². The predicted octanol–water partition coefficient (Wildman–Crippen LogP) is 0.808. The van der Waals surface area contributed by atoms with Gasteiger partial charge in [0.2, 0.25) is 0 Å². The van der Waals surface area contributed by atoms with Crippen LogP contribution in [0.5, 0.6) is 0 Å². The van der Waals surface area contributed by atoms with Crippen molar-refractivity contribution in [3.8, 4) is 0 Å². The fourth-order valence-corrected chi connectivity index (χ4v) is 0. The summed E-state index contributed by atoms with van der Waals surface area (Å²) in [6, 6.07) is 0. The molecule has 0 atom stereocenters. The Kier molecular flexibility index (Phi) is 71.9. The normalized spacial score (nSPS) is 3.60. The Labute approximate surface area is 43.3 Å². The number of hydrogen-bond donors (Lipinski definition) is 2. The molecule has 0 saturated heterocycles. The summed E-state index contributed by atoms with van der Waals surface area (Å²) >= 11 is 0. The van der Waals surface area contributed by atoms with Gasteiger partial charge in [0.05, 0.1) is 0 Å². The maximum Gasteiger partial charge on any atom is 0 e. The molecule has 0 amide bonds. The van der Waals surface area contributed by atoms with Crippen molar-refractivity contribution in [3.63, 3.8) is 0 Å². The SMILES string of the molecule is OOO.[Fe].[P]. The standard InChI is InChI=1S/Fe.H2O3.P/c;1-3-2;/h;1-2H;. The topological polar surface area (TPSA) is 49.7 Å². The molecular formula is H2FeO3P. The molecule has 5 heavy (non-hydrogen) atoms. The van der Waals surface area contributed by atoms with Crippen LogP contribution in [0.1, 0.15) is 0 Å². The first-order valence-electron chi connectivity index (χ1n) is 0.365. The van der Waals surface area contributed by atoms with Gasteiger partial charge in [0, 0.05) is 27.0 Å². The van der Waals surface area contributed by atoms with E-state index in [2.05, 4.69) is 5.04 Å². The Balaban J connectivity index is -0.0000000200. The minimum Gasteiger partial charge on any atom is -0.221 e. The van der Waals surface area contributed by atoms with Crippen molar-refractivity contribution in [1.29, 1.82) is 0 Å². The quantitative estimate of drug-likeness (QED) is 0.224. The summed E-state index contributed by atoms with van der Waals surface area (Å²) < 4.78 is 0. The van der Waals surface area contributed by atoms with Gasteiger partial charge in [-0.15, -0.1) is 0 Å². The molecule has 0 bridgehead atoms. The van der Waals surface area contributed by atoms with E-state index in [1.807, 2.05) is 0 Å². The second kappa shape index (κ2) is 21.2. The van der Waals surface area contributed by atoms with E-state index in [0.29, 0.717) is 0 Å². The molecule has 0 rings (SSSR count). The maximum atomic E-state index is 6.62. The van der Waals surface area contributed by atoms with Gasteiger partial charge in [-0.25, -0.2) is 10.5 Å². The summed E-state index contributed by atoms with van der Waals surface area (Å²) in [7, 11) is 0. The summed E-state index contributed by atoms with van der Waals surface area (Å²) in [5, 5.41) is 15.5. The number of hydrogen-bond acceptors (Lipinski definition) is 3. The van der Waals surface area contributed by atoms with E-state index in [1.54, 1.807) is 0 Å². The molecule has 0 aromatic rings. The molecule has 0 spiro atoms. The van der Waals surface area contributed by atoms with Crippen molar-refractivity contribution in [2.24, 2.45) is 0 Å². The van der Waals surface area contributed by atoms with Crippen molar-refractivity contribution in [2.45, 2.75) is 0 Å². The zero-order valence-electron chi connectivity index (χ0n) is 2.10. The Morgan fingerprint density at radius 2 is 1.20 bits per heavy atom. The molecule has 0 fully saturated rings. The van der Waals surface area contributed by atoms with Gasteiger partial charge in [0.15, 0.2) is 0 Å². The van der Waals surface area contributed by atoms with E-state index in [1.165, 1.54) is 0 Å². The Hall–Kier alpha value is 0.829. The molecule has 5 heteroatoms. The molecule has 0 aliphatic rings. The van der Waals surface area contributed by atoms with Crippen molar-refractivity contribution >= 4 is 9.90 Å². The Morgan fingerprint density at radius 3 is 1.20 bits per heavy atom. The average Bonchev–Trinajstić information content (AvgIpc) is 0.918. The average molecular weight is 137 g/mol. The zero-order chi connectivity index (χ0) is 2.71. The van der Waals surface area contributed by atoms with Crippen molar-refractivity contribution < 1.29 is 32.6 Å². The monoisotopic (exact) mass is 137 g/mol. The van der Waals surface area contributed by atoms with Crippen LogP contribution in [0.4, 0.5) is 0 Å². The van der Waals surface area contributed by atoms with Gasteiger partial charge in [0.25, 0.3) is 0 Å². The van der Waals surface area contributed by atoms with E-state index in [9.17, 15) is 0 Å². The smallest absolute Gasteiger partial charge is 0 e. The molecule has 0 aromatic carbocycles. The molecule has 33 valence electrons. The fraction of sp³-hybridized carbons (Fsp3) is 0. The van der Waals surface area contributed by atoms with Crippen molar-refractivity contribution in [3.05, 3.63) is 0 Å². The summed E-state index contributed by atoms with van der Waals surface area (Å²) in [6.45, 7) is 0. The first kappa shape index (κ1) is 17.0. The van der Waals surface area contributed by atoms with Gasteiger partial charge in [-0.1, -0.05) is 5.04 Å². The van der Waals surface area contributed by atoms with E-state index in [-0.39, 0.29) is 27.0 Å². The van der Waals surface area contributed by atoms with Crippen LogP contribution in [0.2, 0.25) is 0 Å². The minimum atomic E-state index is 0. The zero-order valence-corrected chi connectivity index (χ0v) is 4.10. The van der Waals surface area contributed by atoms with Crippen LogP contribution in [-0.4, -0.2) is 10.5 Å². The molecule has 0 heterocycles. The largest absolute Gasteiger partial charge is 0.221 e. The third-order valence-corrected chi connectivity index (χ3v) is 0. The predicted molar refractivity (Wildman–Crippen MR) is 13.3 cm³/mol. The van der Waals surface area contributed by atoms with Gasteiger partial charge in [0.1, 0.15) is 0 Å². The van der Waals surface area contributed by atoms with Crippen LogP contribution in [0.25, 0.3) is 0 Å². The van der Waals surface area contributed by atoms with Crippen LogP contribution in [0.15, 0.2) is 0 Å². The van der Waals surface area contributed by atoms with Crippen LogP contribution < -0.4 is 0 Å². The van der Waals surface area contributed by atoms with E-state index >= 15 is 0 Å². The molecule has 3 radical (unpaired) electrons.